The number of nitrogens with zero attached hydrogens (tertiary/aromatic N) is 4. The third-order valence-corrected chi connectivity index (χ3v) is 7.35. The van der Waals surface area contributed by atoms with Gasteiger partial charge in [-0.1, -0.05) is 32.3 Å². The van der Waals surface area contributed by atoms with Gasteiger partial charge in [0.15, 0.2) is 14.9 Å². The molecular formula is C27H40N4O3S. The maximum absolute atomic E-state index is 10.9. The van der Waals surface area contributed by atoms with E-state index in [0.717, 1.165) is 38.3 Å². The van der Waals surface area contributed by atoms with Crippen molar-refractivity contribution in [2.75, 3.05) is 30.9 Å². The highest BCUT2D eigenvalue weighted by Gasteiger charge is 2.23. The Morgan fingerprint density at radius 2 is 1.66 bits per heavy atom. The second-order valence-electron chi connectivity index (χ2n) is 9.16. The summed E-state index contributed by atoms with van der Waals surface area (Å²) in [5.74, 6) is 1.61. The molecule has 2 fully saturated rings. The molecular weight excluding hydrogens is 460 g/mol. The van der Waals surface area contributed by atoms with Crippen molar-refractivity contribution < 1.29 is 13.2 Å². The van der Waals surface area contributed by atoms with Crippen molar-refractivity contribution in [2.24, 2.45) is 5.92 Å². The maximum Gasteiger partial charge on any atom is 0.225 e. The topological polar surface area (TPSA) is 85.3 Å². The molecule has 0 aromatic carbocycles. The van der Waals surface area contributed by atoms with Gasteiger partial charge in [0.2, 0.25) is 5.95 Å². The van der Waals surface area contributed by atoms with Crippen LogP contribution in [0.5, 0.6) is 0 Å². The van der Waals surface area contributed by atoms with Crippen molar-refractivity contribution >= 4 is 15.8 Å². The zero-order chi connectivity index (χ0) is 25.7. The average molecular weight is 501 g/mol. The molecule has 7 nitrogen and oxygen atoms in total. The summed E-state index contributed by atoms with van der Waals surface area (Å²) in [7, 11) is -3.14. The second kappa shape index (κ2) is 14.8. The summed E-state index contributed by atoms with van der Waals surface area (Å²) in [5, 5.41) is 0.137. The van der Waals surface area contributed by atoms with Crippen LogP contribution in [0.4, 0.5) is 5.95 Å². The van der Waals surface area contributed by atoms with Crippen molar-refractivity contribution in [3.63, 3.8) is 0 Å². The zero-order valence-corrected chi connectivity index (χ0v) is 22.2. The first-order valence-corrected chi connectivity index (χ1v) is 14.4. The Morgan fingerprint density at radius 1 is 1.03 bits per heavy atom. The first-order chi connectivity index (χ1) is 16.8. The van der Waals surface area contributed by atoms with Gasteiger partial charge in [0.25, 0.3) is 0 Å². The van der Waals surface area contributed by atoms with Gasteiger partial charge in [-0.25, -0.2) is 23.4 Å². The van der Waals surface area contributed by atoms with Crippen LogP contribution in [0.3, 0.4) is 0 Å². The lowest BCUT2D eigenvalue weighted by Crippen LogP contribution is -2.36. The van der Waals surface area contributed by atoms with E-state index >= 15 is 0 Å². The summed E-state index contributed by atoms with van der Waals surface area (Å²) in [6.45, 7) is 6.97. The normalized spacial score (nSPS) is 17.0. The molecule has 0 atom stereocenters. The van der Waals surface area contributed by atoms with Crippen LogP contribution in [-0.2, 0) is 21.0 Å². The molecule has 1 saturated carbocycles. The number of pyridine rings is 1. The van der Waals surface area contributed by atoms with Crippen molar-refractivity contribution in [2.45, 2.75) is 76.3 Å². The van der Waals surface area contributed by atoms with Crippen LogP contribution in [-0.4, -0.2) is 55.4 Å². The molecule has 0 amide bonds. The van der Waals surface area contributed by atoms with Gasteiger partial charge in [0.1, 0.15) is 0 Å². The number of aromatic nitrogens is 3. The van der Waals surface area contributed by atoms with E-state index in [0.29, 0.717) is 17.7 Å². The van der Waals surface area contributed by atoms with Crippen LogP contribution in [0.1, 0.15) is 63.1 Å². The first kappa shape index (κ1) is 28.7. The Morgan fingerprint density at radius 3 is 2.17 bits per heavy atom. The minimum Gasteiger partial charge on any atom is -0.378 e. The Kier molecular flexibility index (Phi) is 12.1. The van der Waals surface area contributed by atoms with Gasteiger partial charge in [-0.05, 0) is 62.6 Å². The minimum atomic E-state index is -3.14. The monoisotopic (exact) mass is 500 g/mol. The molecule has 0 spiro atoms. The molecule has 2 aromatic rings. The summed E-state index contributed by atoms with van der Waals surface area (Å²) in [4.78, 5) is 15.2. The van der Waals surface area contributed by atoms with Gasteiger partial charge < -0.3 is 9.64 Å². The fraction of sp³-hybridized carbons (Fsp3) is 0.593. The molecule has 1 aliphatic carbocycles. The maximum atomic E-state index is 10.9. The third kappa shape index (κ3) is 9.95. The van der Waals surface area contributed by atoms with Gasteiger partial charge in [0, 0.05) is 44.0 Å². The molecule has 0 bridgehead atoms. The molecule has 35 heavy (non-hydrogen) atoms. The van der Waals surface area contributed by atoms with E-state index in [-0.39, 0.29) is 5.03 Å². The lowest BCUT2D eigenvalue weighted by molar-refractivity contribution is 0.00355. The van der Waals surface area contributed by atoms with Crippen LogP contribution in [0.15, 0.2) is 35.6 Å². The highest BCUT2D eigenvalue weighted by molar-refractivity contribution is 7.90. The Balaban J connectivity index is 0.000000280. The largest absolute Gasteiger partial charge is 0.378 e. The van der Waals surface area contributed by atoms with Crippen LogP contribution < -0.4 is 4.90 Å². The van der Waals surface area contributed by atoms with Crippen LogP contribution in [0.25, 0.3) is 0 Å². The number of anilines is 1. The van der Waals surface area contributed by atoms with Crippen LogP contribution >= 0.6 is 0 Å². The standard InChI is InChI=1S/C18H29N3O.C7H9NO2S.C2H2/c1-2-15-12-19-18(20-13-15)21-10-8-16(9-11-21)14-22-17-6-4-3-5-7-17;1-6-4-3-5-7(8-6)11(2,9)10;1-2/h12-13,16-17H,2-11,14H2,1H3;3-5H,1-2H3;1-2H. The average Bonchev–Trinajstić information content (AvgIpc) is 2.89. The number of rotatable bonds is 6. The quantitative estimate of drug-likeness (QED) is 0.534. The number of hydrogen-bond donors (Lipinski definition) is 0. The van der Waals surface area contributed by atoms with E-state index < -0.39 is 9.84 Å². The SMILES string of the molecule is C#C.CCc1cnc(N2CCC(COC3CCCCC3)CC2)nc1.Cc1cccc(S(C)(=O)=O)n1. The molecule has 1 saturated heterocycles. The van der Waals surface area contributed by atoms with E-state index in [1.165, 1.54) is 56.6 Å². The van der Waals surface area contributed by atoms with Crippen LogP contribution in [0, 0.1) is 25.7 Å². The minimum absolute atomic E-state index is 0.137. The molecule has 8 heteroatoms. The van der Waals surface area contributed by atoms with Gasteiger partial charge in [-0.15, -0.1) is 12.8 Å². The van der Waals surface area contributed by atoms with Crippen molar-refractivity contribution in [3.8, 4) is 12.8 Å². The Hall–Kier alpha value is -2.50. The number of piperidine rings is 1. The number of terminal acetylenes is 1. The molecule has 0 N–H and O–H groups in total. The Labute approximate surface area is 211 Å². The van der Waals surface area contributed by atoms with Gasteiger partial charge in [0.05, 0.1) is 6.10 Å². The highest BCUT2D eigenvalue weighted by atomic mass is 32.2. The molecule has 3 heterocycles. The fourth-order valence-corrected chi connectivity index (χ4v) is 4.86. The van der Waals surface area contributed by atoms with Crippen molar-refractivity contribution in [1.82, 2.24) is 15.0 Å². The molecule has 0 unspecified atom stereocenters. The predicted octanol–water partition coefficient (Wildman–Crippen LogP) is 4.65. The zero-order valence-electron chi connectivity index (χ0n) is 21.4. The van der Waals surface area contributed by atoms with E-state index in [1.807, 2.05) is 12.4 Å². The molecule has 2 aliphatic rings. The third-order valence-electron chi connectivity index (χ3n) is 6.36. The van der Waals surface area contributed by atoms with Crippen molar-refractivity contribution in [3.05, 3.63) is 41.9 Å². The predicted molar refractivity (Wildman–Crippen MR) is 141 cm³/mol. The van der Waals surface area contributed by atoms with E-state index in [9.17, 15) is 8.42 Å². The second-order valence-corrected chi connectivity index (χ2v) is 11.1. The summed E-state index contributed by atoms with van der Waals surface area (Å²) in [6, 6.07) is 4.93. The molecule has 4 rings (SSSR count). The van der Waals surface area contributed by atoms with Gasteiger partial charge >= 0.3 is 0 Å². The lowest BCUT2D eigenvalue weighted by Gasteiger charge is -2.33. The molecule has 192 valence electrons. The summed E-state index contributed by atoms with van der Waals surface area (Å²) in [5.41, 5.74) is 1.92. The van der Waals surface area contributed by atoms with Gasteiger partial charge in [-0.3, -0.25) is 0 Å². The summed E-state index contributed by atoms with van der Waals surface area (Å²) >= 11 is 0. The Bertz CT molecular complexity index is 995. The summed E-state index contributed by atoms with van der Waals surface area (Å²) in [6.07, 6.45) is 23.7. The highest BCUT2D eigenvalue weighted by Crippen LogP contribution is 2.24. The fourth-order valence-electron chi connectivity index (χ4n) is 4.22. The first-order valence-electron chi connectivity index (χ1n) is 12.5. The summed E-state index contributed by atoms with van der Waals surface area (Å²) < 4.78 is 28.0. The lowest BCUT2D eigenvalue weighted by atomic mass is 9.96. The van der Waals surface area contributed by atoms with Gasteiger partial charge in [-0.2, -0.15) is 0 Å². The van der Waals surface area contributed by atoms with E-state index in [2.05, 4.69) is 39.6 Å². The molecule has 2 aromatic heterocycles. The number of hydrogen-bond acceptors (Lipinski definition) is 7. The van der Waals surface area contributed by atoms with Crippen LogP contribution in [0.2, 0.25) is 0 Å². The number of aryl methyl sites for hydroxylation is 2. The van der Waals surface area contributed by atoms with E-state index in [1.54, 1.807) is 19.1 Å². The molecule has 0 radical (unpaired) electrons. The molecule has 1 aliphatic heterocycles. The van der Waals surface area contributed by atoms with E-state index in [4.69, 9.17) is 4.74 Å². The smallest absolute Gasteiger partial charge is 0.225 e. The number of ether oxygens (including phenoxy) is 1. The van der Waals surface area contributed by atoms with Crippen molar-refractivity contribution in [1.29, 1.82) is 0 Å². The number of sulfone groups is 1.